The zero-order valence-corrected chi connectivity index (χ0v) is 27.4. The molecule has 232 valence electrons. The van der Waals surface area contributed by atoms with Crippen LogP contribution in [-0.2, 0) is 6.54 Å². The van der Waals surface area contributed by atoms with E-state index in [1.165, 1.54) is 105 Å². The van der Waals surface area contributed by atoms with Crippen LogP contribution >= 0.6 is 0 Å². The Morgan fingerprint density at radius 2 is 0.872 bits per heavy atom. The third-order valence-electron chi connectivity index (χ3n) is 9.45. The molecule has 0 saturated heterocycles. The summed E-state index contributed by atoms with van der Waals surface area (Å²) in [5, 5.41) is 2.69. The summed E-state index contributed by atoms with van der Waals surface area (Å²) in [6.45, 7) is 3.36. The smallest absolute Gasteiger partial charge is 0.0491 e. The summed E-state index contributed by atoms with van der Waals surface area (Å²) in [4.78, 5) is 0. The van der Waals surface area contributed by atoms with Crippen molar-refractivity contribution in [2.24, 2.45) is 0 Å². The number of rotatable bonds is 12. The molecule has 0 fully saturated rings. The molecule has 7 aromatic rings. The van der Waals surface area contributed by atoms with Crippen molar-refractivity contribution in [1.82, 2.24) is 4.57 Å². The van der Waals surface area contributed by atoms with Crippen molar-refractivity contribution in [3.8, 4) is 11.1 Å². The van der Waals surface area contributed by atoms with Crippen LogP contribution in [0, 0.1) is 0 Å². The molecule has 1 nitrogen and oxygen atoms in total. The second-order valence-electron chi connectivity index (χ2n) is 12.6. The van der Waals surface area contributed by atoms with E-state index in [-0.39, 0.29) is 0 Å². The SMILES string of the molecule is CCCCCCCCn1c2ccccc2c2cc(-c3ccc(C(=C(c4ccccc4)c4ccccc4)c4ccccc4)cc3)ccc21. The molecule has 0 saturated carbocycles. The van der Waals surface area contributed by atoms with Crippen LogP contribution in [0.1, 0.15) is 67.7 Å². The van der Waals surface area contributed by atoms with Crippen molar-refractivity contribution in [3.63, 3.8) is 0 Å². The number of benzene rings is 6. The number of para-hydroxylation sites is 1. The fraction of sp³-hybridized carbons (Fsp3) is 0.174. The van der Waals surface area contributed by atoms with Crippen LogP contribution in [0.2, 0.25) is 0 Å². The maximum absolute atomic E-state index is 2.54. The van der Waals surface area contributed by atoms with Gasteiger partial charge in [-0.15, -0.1) is 0 Å². The minimum Gasteiger partial charge on any atom is -0.340 e. The lowest BCUT2D eigenvalue weighted by Gasteiger charge is -2.18. The van der Waals surface area contributed by atoms with E-state index in [0.29, 0.717) is 0 Å². The van der Waals surface area contributed by atoms with Crippen LogP contribution in [-0.4, -0.2) is 4.57 Å². The van der Waals surface area contributed by atoms with Crippen LogP contribution in [0.15, 0.2) is 158 Å². The second-order valence-corrected chi connectivity index (χ2v) is 12.6. The van der Waals surface area contributed by atoms with Crippen molar-refractivity contribution in [2.75, 3.05) is 0 Å². The van der Waals surface area contributed by atoms with Gasteiger partial charge in [0.25, 0.3) is 0 Å². The van der Waals surface area contributed by atoms with Gasteiger partial charge in [0.2, 0.25) is 0 Å². The second kappa shape index (κ2) is 14.5. The lowest BCUT2D eigenvalue weighted by molar-refractivity contribution is 0.571. The van der Waals surface area contributed by atoms with Gasteiger partial charge >= 0.3 is 0 Å². The predicted octanol–water partition coefficient (Wildman–Crippen LogP) is 12.8. The zero-order valence-electron chi connectivity index (χ0n) is 27.4. The van der Waals surface area contributed by atoms with Crippen LogP contribution in [0.5, 0.6) is 0 Å². The van der Waals surface area contributed by atoms with Gasteiger partial charge in [0.15, 0.2) is 0 Å². The number of hydrogen-bond acceptors (Lipinski definition) is 0. The number of aromatic nitrogens is 1. The summed E-state index contributed by atoms with van der Waals surface area (Å²) >= 11 is 0. The van der Waals surface area contributed by atoms with Gasteiger partial charge in [-0.2, -0.15) is 0 Å². The summed E-state index contributed by atoms with van der Waals surface area (Å²) < 4.78 is 2.54. The van der Waals surface area contributed by atoms with Crippen LogP contribution in [0.3, 0.4) is 0 Å². The van der Waals surface area contributed by atoms with Gasteiger partial charge in [0.1, 0.15) is 0 Å². The lowest BCUT2D eigenvalue weighted by Crippen LogP contribution is -1.98. The number of hydrogen-bond donors (Lipinski definition) is 0. The van der Waals surface area contributed by atoms with E-state index in [2.05, 4.69) is 169 Å². The normalized spacial score (nSPS) is 11.3. The Morgan fingerprint density at radius 3 is 1.47 bits per heavy atom. The minimum atomic E-state index is 1.07. The highest BCUT2D eigenvalue weighted by molar-refractivity contribution is 6.09. The lowest BCUT2D eigenvalue weighted by atomic mass is 9.85. The number of unbranched alkanes of at least 4 members (excludes halogenated alkanes) is 5. The summed E-state index contributed by atoms with van der Waals surface area (Å²) in [7, 11) is 0. The van der Waals surface area contributed by atoms with Crippen molar-refractivity contribution in [3.05, 3.63) is 180 Å². The highest BCUT2D eigenvalue weighted by atomic mass is 15.0. The molecule has 47 heavy (non-hydrogen) atoms. The van der Waals surface area contributed by atoms with Gasteiger partial charge in [0.05, 0.1) is 0 Å². The Kier molecular flexibility index (Phi) is 9.43. The first-order valence-corrected chi connectivity index (χ1v) is 17.3. The van der Waals surface area contributed by atoms with E-state index in [9.17, 15) is 0 Å². The average molecular weight is 610 g/mol. The first-order chi connectivity index (χ1) is 23.3. The van der Waals surface area contributed by atoms with Crippen molar-refractivity contribution in [1.29, 1.82) is 0 Å². The van der Waals surface area contributed by atoms with E-state index in [1.54, 1.807) is 0 Å². The standard InChI is InChI=1S/C46H43N/c1-2-3-4-5-6-18-33-47-43-26-17-16-25-41(43)42-34-40(31-32-44(42)47)35-27-29-39(30-28-35)46(38-23-14-9-15-24-38)45(36-19-10-7-11-20-36)37-21-12-8-13-22-37/h7-17,19-32,34H,2-6,18,33H2,1H3. The van der Waals surface area contributed by atoms with Gasteiger partial charge in [0, 0.05) is 28.4 Å². The van der Waals surface area contributed by atoms with Crippen LogP contribution in [0.4, 0.5) is 0 Å². The molecule has 6 aromatic carbocycles. The van der Waals surface area contributed by atoms with E-state index in [1.807, 2.05) is 0 Å². The molecule has 1 aromatic heterocycles. The molecule has 0 spiro atoms. The van der Waals surface area contributed by atoms with E-state index in [4.69, 9.17) is 0 Å². The molecule has 7 rings (SSSR count). The summed E-state index contributed by atoms with van der Waals surface area (Å²) in [6, 6.07) is 57.6. The third-order valence-corrected chi connectivity index (χ3v) is 9.45. The number of fused-ring (bicyclic) bond motifs is 3. The molecule has 0 radical (unpaired) electrons. The molecule has 1 heterocycles. The Balaban J connectivity index is 1.28. The van der Waals surface area contributed by atoms with E-state index in [0.717, 1.165) is 6.54 Å². The molecule has 0 unspecified atom stereocenters. The van der Waals surface area contributed by atoms with Crippen molar-refractivity contribution < 1.29 is 0 Å². The molecule has 0 amide bonds. The molecule has 0 N–H and O–H groups in total. The van der Waals surface area contributed by atoms with Gasteiger partial charge < -0.3 is 4.57 Å². The number of aryl methyl sites for hydroxylation is 1. The Hall–Kier alpha value is -5.14. The molecule has 1 heteroatoms. The topological polar surface area (TPSA) is 4.93 Å². The average Bonchev–Trinajstić information content (AvgIpc) is 3.46. The largest absolute Gasteiger partial charge is 0.340 e. The van der Waals surface area contributed by atoms with E-state index >= 15 is 0 Å². The third kappa shape index (κ3) is 6.58. The van der Waals surface area contributed by atoms with E-state index < -0.39 is 0 Å². The van der Waals surface area contributed by atoms with Gasteiger partial charge in [-0.1, -0.05) is 179 Å². The maximum atomic E-state index is 2.54. The maximum Gasteiger partial charge on any atom is 0.0491 e. The predicted molar refractivity (Wildman–Crippen MR) is 203 cm³/mol. The monoisotopic (exact) mass is 609 g/mol. The quantitative estimate of drug-likeness (QED) is 0.0959. The zero-order chi connectivity index (χ0) is 31.8. The van der Waals surface area contributed by atoms with Gasteiger partial charge in [-0.3, -0.25) is 0 Å². The summed E-state index contributed by atoms with van der Waals surface area (Å²) in [6.07, 6.45) is 7.87. The van der Waals surface area contributed by atoms with Gasteiger partial charge in [-0.05, 0) is 69.1 Å². The summed E-state index contributed by atoms with van der Waals surface area (Å²) in [5.74, 6) is 0. The van der Waals surface area contributed by atoms with Crippen LogP contribution < -0.4 is 0 Å². The summed E-state index contributed by atoms with van der Waals surface area (Å²) in [5.41, 5.74) is 12.5. The number of nitrogens with zero attached hydrogens (tertiary/aromatic N) is 1. The molecule has 0 atom stereocenters. The Labute approximate surface area is 279 Å². The highest BCUT2D eigenvalue weighted by Crippen LogP contribution is 2.38. The first kappa shape index (κ1) is 30.5. The van der Waals surface area contributed by atoms with Gasteiger partial charge in [-0.25, -0.2) is 0 Å². The van der Waals surface area contributed by atoms with Crippen molar-refractivity contribution >= 4 is 33.0 Å². The molecular weight excluding hydrogens is 567 g/mol. The Bertz CT molecular complexity index is 2040. The Morgan fingerprint density at radius 1 is 0.404 bits per heavy atom. The van der Waals surface area contributed by atoms with Crippen LogP contribution in [0.25, 0.3) is 44.1 Å². The molecule has 0 bridgehead atoms. The highest BCUT2D eigenvalue weighted by Gasteiger charge is 2.17. The fourth-order valence-electron chi connectivity index (χ4n) is 7.08. The van der Waals surface area contributed by atoms with Crippen molar-refractivity contribution in [2.45, 2.75) is 52.0 Å². The molecular formula is C46H43N. The molecule has 0 aliphatic rings. The molecule has 0 aliphatic heterocycles. The minimum absolute atomic E-state index is 1.07. The fourth-order valence-corrected chi connectivity index (χ4v) is 7.08. The first-order valence-electron chi connectivity index (χ1n) is 17.3. The molecule has 0 aliphatic carbocycles.